The van der Waals surface area contributed by atoms with Gasteiger partial charge in [0.2, 0.25) is 0 Å². The summed E-state index contributed by atoms with van der Waals surface area (Å²) in [6, 6.07) is 0. The molecule has 2 unspecified atom stereocenters. The highest BCUT2D eigenvalue weighted by atomic mass is 16.7. The average molecular weight is 292 g/mol. The van der Waals surface area contributed by atoms with Gasteiger partial charge in [-0.05, 0) is 33.5 Å². The van der Waals surface area contributed by atoms with Crippen molar-refractivity contribution >= 4 is 15.0 Å². The third-order valence-electron chi connectivity index (χ3n) is 5.90. The van der Waals surface area contributed by atoms with Gasteiger partial charge in [0.25, 0.3) is 0 Å². The van der Waals surface area contributed by atoms with Gasteiger partial charge in [-0.25, -0.2) is 0 Å². The van der Waals surface area contributed by atoms with Crippen molar-refractivity contribution in [1.82, 2.24) is 0 Å². The van der Waals surface area contributed by atoms with E-state index < -0.39 is 0 Å². The summed E-state index contributed by atoms with van der Waals surface area (Å²) in [6.07, 6.45) is 10.7. The molecule has 0 spiro atoms. The summed E-state index contributed by atoms with van der Waals surface area (Å²) in [4.78, 5) is 0. The summed E-state index contributed by atoms with van der Waals surface area (Å²) < 4.78 is 12.7. The minimum absolute atomic E-state index is 0.0197. The van der Waals surface area contributed by atoms with E-state index >= 15 is 0 Å². The van der Waals surface area contributed by atoms with E-state index in [0.29, 0.717) is 11.1 Å². The van der Waals surface area contributed by atoms with E-state index in [-0.39, 0.29) is 18.3 Å². The summed E-state index contributed by atoms with van der Waals surface area (Å²) in [5, 5.41) is 0.408. The van der Waals surface area contributed by atoms with E-state index in [1.807, 2.05) is 0 Å². The van der Waals surface area contributed by atoms with Crippen LogP contribution >= 0.6 is 0 Å². The van der Waals surface area contributed by atoms with Crippen molar-refractivity contribution in [2.45, 2.75) is 108 Å². The Kier molecular flexibility index (Phi) is 5.20. The zero-order valence-electron chi connectivity index (χ0n) is 15.1. The summed E-state index contributed by atoms with van der Waals surface area (Å²) in [5.41, 5.74) is -0.395. The van der Waals surface area contributed by atoms with Crippen molar-refractivity contribution in [2.75, 3.05) is 0 Å². The summed E-state index contributed by atoms with van der Waals surface area (Å²) >= 11 is 0. The van der Waals surface area contributed by atoms with E-state index in [1.54, 1.807) is 0 Å². The minimum Gasteiger partial charge on any atom is -0.403 e. The first kappa shape index (κ1) is 17.4. The van der Waals surface area contributed by atoms with Crippen LogP contribution < -0.4 is 0 Å². The van der Waals surface area contributed by atoms with Gasteiger partial charge < -0.3 is 9.31 Å². The van der Waals surface area contributed by atoms with Gasteiger partial charge in [-0.1, -0.05) is 63.6 Å². The molecule has 120 valence electrons. The van der Waals surface area contributed by atoms with Gasteiger partial charge in [-0.2, -0.15) is 0 Å². The van der Waals surface area contributed by atoms with Crippen molar-refractivity contribution < 1.29 is 9.31 Å². The lowest BCUT2D eigenvalue weighted by Gasteiger charge is -2.32. The SMILES string of the molecule is BC1(C)CCCCCCCC(B2OC(C)(C)C(C)(C)O2)C1. The molecule has 0 aromatic heterocycles. The quantitative estimate of drug-likeness (QED) is 0.667. The lowest BCUT2D eigenvalue weighted by atomic mass is 9.55. The smallest absolute Gasteiger partial charge is 0.403 e. The van der Waals surface area contributed by atoms with Crippen LogP contribution in [0.25, 0.3) is 0 Å². The van der Waals surface area contributed by atoms with Gasteiger partial charge in [-0.15, -0.1) is 0 Å². The Morgan fingerprint density at radius 3 is 2.00 bits per heavy atom. The molecule has 0 aromatic carbocycles. The van der Waals surface area contributed by atoms with E-state index in [1.165, 1.54) is 51.4 Å². The van der Waals surface area contributed by atoms with Crippen LogP contribution in [0.5, 0.6) is 0 Å². The topological polar surface area (TPSA) is 18.5 Å². The van der Waals surface area contributed by atoms with Crippen LogP contribution in [0.2, 0.25) is 11.1 Å². The molecular formula is C17H34B2O2. The summed E-state index contributed by atoms with van der Waals surface area (Å²) in [5.74, 6) is 0.541. The van der Waals surface area contributed by atoms with Gasteiger partial charge in [0.1, 0.15) is 7.85 Å². The fourth-order valence-corrected chi connectivity index (χ4v) is 3.77. The predicted octanol–water partition coefficient (Wildman–Crippen LogP) is 4.39. The van der Waals surface area contributed by atoms with Crippen LogP contribution in [0, 0.1) is 0 Å². The van der Waals surface area contributed by atoms with Crippen molar-refractivity contribution in [3.63, 3.8) is 0 Å². The van der Waals surface area contributed by atoms with E-state index in [0.717, 1.165) is 0 Å². The first-order chi connectivity index (χ1) is 9.63. The second-order valence-corrected chi connectivity index (χ2v) is 9.06. The normalized spacial score (nSPS) is 37.4. The molecule has 0 radical (unpaired) electrons. The van der Waals surface area contributed by atoms with Crippen molar-refractivity contribution in [3.05, 3.63) is 0 Å². The zero-order chi connectivity index (χ0) is 15.7. The molecule has 2 fully saturated rings. The molecule has 2 nitrogen and oxygen atoms in total. The fraction of sp³-hybridized carbons (Fsp3) is 1.00. The third kappa shape index (κ3) is 4.28. The fourth-order valence-electron chi connectivity index (χ4n) is 3.77. The first-order valence-corrected chi connectivity index (χ1v) is 8.99. The molecule has 4 heteroatoms. The zero-order valence-corrected chi connectivity index (χ0v) is 15.1. The van der Waals surface area contributed by atoms with Gasteiger partial charge in [0.05, 0.1) is 11.2 Å². The molecule has 2 rings (SSSR count). The van der Waals surface area contributed by atoms with Crippen LogP contribution in [0.15, 0.2) is 0 Å². The van der Waals surface area contributed by atoms with Crippen molar-refractivity contribution in [1.29, 1.82) is 0 Å². The minimum atomic E-state index is -0.197. The average Bonchev–Trinajstić information content (AvgIpc) is 2.55. The van der Waals surface area contributed by atoms with Crippen LogP contribution in [0.4, 0.5) is 0 Å². The molecule has 1 aliphatic carbocycles. The van der Waals surface area contributed by atoms with Gasteiger partial charge in [0.15, 0.2) is 0 Å². The van der Waals surface area contributed by atoms with Crippen LogP contribution in [0.3, 0.4) is 0 Å². The maximum absolute atomic E-state index is 6.34. The summed E-state index contributed by atoms with van der Waals surface area (Å²) in [7, 11) is 2.40. The largest absolute Gasteiger partial charge is 0.461 e. The maximum atomic E-state index is 6.34. The van der Waals surface area contributed by atoms with Gasteiger partial charge in [0, 0.05) is 0 Å². The molecule has 1 aliphatic heterocycles. The van der Waals surface area contributed by atoms with E-state index in [9.17, 15) is 0 Å². The second-order valence-electron chi connectivity index (χ2n) is 9.06. The Morgan fingerprint density at radius 2 is 1.38 bits per heavy atom. The third-order valence-corrected chi connectivity index (χ3v) is 5.90. The van der Waals surface area contributed by atoms with Crippen molar-refractivity contribution in [2.24, 2.45) is 0 Å². The molecule has 2 aliphatic rings. The first-order valence-electron chi connectivity index (χ1n) is 8.99. The highest BCUT2D eigenvalue weighted by Gasteiger charge is 2.53. The van der Waals surface area contributed by atoms with E-state index in [4.69, 9.17) is 9.31 Å². The number of hydrogen-bond acceptors (Lipinski definition) is 2. The Balaban J connectivity index is 2.08. The highest BCUT2D eigenvalue weighted by molar-refractivity contribution is 6.47. The molecule has 0 aromatic rings. The van der Waals surface area contributed by atoms with Crippen LogP contribution in [0.1, 0.15) is 86.0 Å². The number of hydrogen-bond donors (Lipinski definition) is 0. The molecule has 1 saturated carbocycles. The molecule has 0 amide bonds. The van der Waals surface area contributed by atoms with E-state index in [2.05, 4.69) is 42.5 Å². The van der Waals surface area contributed by atoms with Crippen LogP contribution in [-0.4, -0.2) is 26.2 Å². The molecule has 0 bridgehead atoms. The van der Waals surface area contributed by atoms with Crippen LogP contribution in [-0.2, 0) is 9.31 Å². The number of rotatable bonds is 1. The molecule has 21 heavy (non-hydrogen) atoms. The Morgan fingerprint density at radius 1 is 0.857 bits per heavy atom. The lowest BCUT2D eigenvalue weighted by molar-refractivity contribution is 0.00578. The van der Waals surface area contributed by atoms with Crippen molar-refractivity contribution in [3.8, 4) is 0 Å². The second kappa shape index (κ2) is 6.28. The van der Waals surface area contributed by atoms with Gasteiger partial charge in [-0.3, -0.25) is 0 Å². The Labute approximate surface area is 133 Å². The molecule has 1 heterocycles. The Hall–Kier alpha value is 0.0499. The highest BCUT2D eigenvalue weighted by Crippen LogP contribution is 2.47. The van der Waals surface area contributed by atoms with Gasteiger partial charge >= 0.3 is 7.12 Å². The monoisotopic (exact) mass is 292 g/mol. The standard InChI is InChI=1S/C17H34B2O2/c1-15(2)16(3,4)21-19(20-15)14-11-9-7-6-8-10-12-17(5,18)13-14/h14H,6-13,18H2,1-5H3. The molecular weight excluding hydrogens is 258 g/mol. The summed E-state index contributed by atoms with van der Waals surface area (Å²) in [6.45, 7) is 11.1. The maximum Gasteiger partial charge on any atom is 0.461 e. The molecule has 0 N–H and O–H groups in total. The molecule has 1 saturated heterocycles. The predicted molar refractivity (Wildman–Crippen MR) is 93.7 cm³/mol. The lowest BCUT2D eigenvalue weighted by Crippen LogP contribution is -2.41. The Bertz CT molecular complexity index is 337. The molecule has 2 atom stereocenters.